The predicted molar refractivity (Wildman–Crippen MR) is 98.5 cm³/mol. The van der Waals surface area contributed by atoms with Crippen molar-refractivity contribution in [3.63, 3.8) is 0 Å². The number of fused-ring (bicyclic) bond motifs is 6. The minimum atomic E-state index is -1.29. The molecule has 1 atom stereocenters. The molecule has 7 heteroatoms. The number of carbonyl (C=O) groups excluding carboxylic acids is 1. The molecule has 136 valence electrons. The lowest BCUT2D eigenvalue weighted by atomic mass is 9.73. The second-order valence-corrected chi connectivity index (χ2v) is 7.46. The number of ether oxygens (including phenoxy) is 2. The first-order valence-electron chi connectivity index (χ1n) is 8.25. The third kappa shape index (κ3) is 2.10. The Morgan fingerprint density at radius 1 is 1.00 bits per heavy atom. The summed E-state index contributed by atoms with van der Waals surface area (Å²) in [6, 6.07) is 5.80. The predicted octanol–water partition coefficient (Wildman–Crippen LogP) is 4.81. The molecule has 0 saturated carbocycles. The van der Waals surface area contributed by atoms with E-state index in [9.17, 15) is 15.0 Å². The summed E-state index contributed by atoms with van der Waals surface area (Å²) in [5.41, 5.74) is 0.447. The molecule has 1 unspecified atom stereocenters. The molecule has 1 spiro atoms. The quantitative estimate of drug-likeness (QED) is 0.618. The van der Waals surface area contributed by atoms with Crippen LogP contribution in [0.4, 0.5) is 0 Å². The maximum Gasteiger partial charge on any atom is 0.315 e. The highest BCUT2D eigenvalue weighted by Gasteiger charge is 2.58. The molecule has 2 N–H and O–H groups in total. The SMILES string of the molecule is O=C1OC2(C3=CC=CCC13)c1cc(Cl)c(O)cc1Oc1cc(O)c(Cl)cc12. The molecule has 0 radical (unpaired) electrons. The van der Waals surface area contributed by atoms with Gasteiger partial charge in [0.1, 0.15) is 23.0 Å². The van der Waals surface area contributed by atoms with Crippen LogP contribution in [0, 0.1) is 5.92 Å². The van der Waals surface area contributed by atoms with Crippen molar-refractivity contribution in [1.82, 2.24) is 0 Å². The molecule has 2 aliphatic heterocycles. The van der Waals surface area contributed by atoms with Crippen LogP contribution in [-0.4, -0.2) is 16.2 Å². The lowest BCUT2D eigenvalue weighted by Gasteiger charge is -2.37. The van der Waals surface area contributed by atoms with Gasteiger partial charge in [-0.15, -0.1) is 0 Å². The maximum atomic E-state index is 12.7. The molecule has 2 heterocycles. The van der Waals surface area contributed by atoms with Crippen LogP contribution in [0.3, 0.4) is 0 Å². The van der Waals surface area contributed by atoms with E-state index in [0.29, 0.717) is 17.5 Å². The second-order valence-electron chi connectivity index (χ2n) is 6.64. The average Bonchev–Trinajstić information content (AvgIpc) is 2.93. The van der Waals surface area contributed by atoms with E-state index < -0.39 is 11.5 Å². The van der Waals surface area contributed by atoms with E-state index in [0.717, 1.165) is 5.57 Å². The van der Waals surface area contributed by atoms with Crippen molar-refractivity contribution in [3.8, 4) is 23.0 Å². The van der Waals surface area contributed by atoms with Crippen LogP contribution in [0.5, 0.6) is 23.0 Å². The first kappa shape index (κ1) is 16.5. The Morgan fingerprint density at radius 2 is 1.59 bits per heavy atom. The van der Waals surface area contributed by atoms with Crippen molar-refractivity contribution in [2.24, 2.45) is 5.92 Å². The maximum absolute atomic E-state index is 12.7. The normalized spacial score (nSPS) is 21.0. The fourth-order valence-corrected chi connectivity index (χ4v) is 4.31. The summed E-state index contributed by atoms with van der Waals surface area (Å²) in [5, 5.41) is 20.3. The van der Waals surface area contributed by atoms with Gasteiger partial charge in [-0.25, -0.2) is 0 Å². The van der Waals surface area contributed by atoms with Gasteiger partial charge in [0.2, 0.25) is 0 Å². The van der Waals surface area contributed by atoms with Gasteiger partial charge in [0.15, 0.2) is 5.60 Å². The zero-order valence-electron chi connectivity index (χ0n) is 13.7. The molecule has 27 heavy (non-hydrogen) atoms. The van der Waals surface area contributed by atoms with Gasteiger partial charge in [-0.05, 0) is 24.1 Å². The Labute approximate surface area is 164 Å². The molecule has 3 aliphatic rings. The van der Waals surface area contributed by atoms with E-state index in [1.807, 2.05) is 18.2 Å². The van der Waals surface area contributed by atoms with Crippen molar-refractivity contribution in [2.45, 2.75) is 12.0 Å². The number of aromatic hydroxyl groups is 2. The molecule has 0 aromatic heterocycles. The summed E-state index contributed by atoms with van der Waals surface area (Å²) in [5.74, 6) is -0.548. The molecule has 5 nitrogen and oxygen atoms in total. The van der Waals surface area contributed by atoms with Gasteiger partial charge in [0, 0.05) is 23.3 Å². The molecule has 0 bridgehead atoms. The fraction of sp³-hybridized carbons (Fsp3) is 0.150. The van der Waals surface area contributed by atoms with Crippen molar-refractivity contribution in [3.05, 3.63) is 69.2 Å². The molecule has 0 amide bonds. The van der Waals surface area contributed by atoms with Crippen LogP contribution >= 0.6 is 23.2 Å². The molecule has 5 rings (SSSR count). The number of phenols is 2. The molecular formula is C20H12Cl2O5. The third-order valence-electron chi connectivity index (χ3n) is 5.18. The summed E-state index contributed by atoms with van der Waals surface area (Å²) in [6.45, 7) is 0. The summed E-state index contributed by atoms with van der Waals surface area (Å²) in [6.07, 6.45) is 6.15. The first-order valence-corrected chi connectivity index (χ1v) is 9.01. The molecule has 1 fully saturated rings. The van der Waals surface area contributed by atoms with Gasteiger partial charge in [-0.1, -0.05) is 41.4 Å². The zero-order valence-corrected chi connectivity index (χ0v) is 15.2. The van der Waals surface area contributed by atoms with E-state index in [2.05, 4.69) is 0 Å². The standard InChI is InChI=1S/C20H12Cl2O5/c21-13-5-11-17(7-15(13)23)26-18-8-16(24)14(22)6-12(18)20(11)10-4-2-1-3-9(10)19(25)27-20/h1-2,4-9,23-24H,3H2. The molecule has 1 saturated heterocycles. The number of allylic oxidation sites excluding steroid dienone is 3. The summed E-state index contributed by atoms with van der Waals surface area (Å²) >= 11 is 12.3. The number of phenolic OH excluding ortho intramolecular Hbond substituents is 2. The number of benzene rings is 2. The zero-order chi connectivity index (χ0) is 18.9. The Hall–Kier alpha value is -2.63. The van der Waals surface area contributed by atoms with Crippen LogP contribution < -0.4 is 4.74 Å². The summed E-state index contributed by atoms with van der Waals surface area (Å²) in [4.78, 5) is 12.7. The Bertz CT molecular complexity index is 1030. The molecule has 2 aromatic rings. The van der Waals surface area contributed by atoms with Crippen LogP contribution in [-0.2, 0) is 15.1 Å². The number of halogens is 2. The highest BCUT2D eigenvalue weighted by Crippen LogP contribution is 2.60. The van der Waals surface area contributed by atoms with Crippen molar-refractivity contribution in [1.29, 1.82) is 0 Å². The van der Waals surface area contributed by atoms with Crippen molar-refractivity contribution >= 4 is 29.2 Å². The minimum Gasteiger partial charge on any atom is -0.506 e. The van der Waals surface area contributed by atoms with E-state index in [1.54, 1.807) is 0 Å². The molecule has 2 aromatic carbocycles. The third-order valence-corrected chi connectivity index (χ3v) is 5.79. The lowest BCUT2D eigenvalue weighted by molar-refractivity contribution is -0.148. The van der Waals surface area contributed by atoms with Crippen LogP contribution in [0.1, 0.15) is 17.5 Å². The van der Waals surface area contributed by atoms with Gasteiger partial charge >= 0.3 is 5.97 Å². The average molecular weight is 403 g/mol. The van der Waals surface area contributed by atoms with Crippen molar-refractivity contribution < 1.29 is 24.5 Å². The van der Waals surface area contributed by atoms with Crippen LogP contribution in [0.25, 0.3) is 0 Å². The van der Waals surface area contributed by atoms with E-state index >= 15 is 0 Å². The van der Waals surface area contributed by atoms with Crippen molar-refractivity contribution in [2.75, 3.05) is 0 Å². The second kappa shape index (κ2) is 5.44. The largest absolute Gasteiger partial charge is 0.506 e. The van der Waals surface area contributed by atoms with E-state index in [4.69, 9.17) is 32.7 Å². The lowest BCUT2D eigenvalue weighted by Crippen LogP contribution is -2.33. The van der Waals surface area contributed by atoms with Gasteiger partial charge in [0.05, 0.1) is 16.0 Å². The van der Waals surface area contributed by atoms with Crippen LogP contribution in [0.15, 0.2) is 48.1 Å². The number of rotatable bonds is 0. The summed E-state index contributed by atoms with van der Waals surface area (Å²) in [7, 11) is 0. The van der Waals surface area contributed by atoms with Gasteiger partial charge in [0.25, 0.3) is 0 Å². The highest BCUT2D eigenvalue weighted by molar-refractivity contribution is 6.32. The van der Waals surface area contributed by atoms with E-state index in [1.165, 1.54) is 24.3 Å². The minimum absolute atomic E-state index is 0.108. The molecular weight excluding hydrogens is 391 g/mol. The van der Waals surface area contributed by atoms with Gasteiger partial charge in [-0.3, -0.25) is 4.79 Å². The number of carbonyl (C=O) groups is 1. The smallest absolute Gasteiger partial charge is 0.315 e. The number of hydrogen-bond acceptors (Lipinski definition) is 5. The Morgan fingerprint density at radius 3 is 2.19 bits per heavy atom. The monoisotopic (exact) mass is 402 g/mol. The Balaban J connectivity index is 1.89. The first-order chi connectivity index (χ1) is 12.9. The van der Waals surface area contributed by atoms with Gasteiger partial charge in [-0.2, -0.15) is 0 Å². The fourth-order valence-electron chi connectivity index (χ4n) is 3.99. The van der Waals surface area contributed by atoms with E-state index in [-0.39, 0.29) is 39.0 Å². The number of hydrogen-bond donors (Lipinski definition) is 2. The topological polar surface area (TPSA) is 76.0 Å². The van der Waals surface area contributed by atoms with Gasteiger partial charge < -0.3 is 19.7 Å². The highest BCUT2D eigenvalue weighted by atomic mass is 35.5. The summed E-state index contributed by atoms with van der Waals surface area (Å²) < 4.78 is 11.8. The Kier molecular flexibility index (Phi) is 3.33. The van der Waals surface area contributed by atoms with Crippen LogP contribution in [0.2, 0.25) is 10.0 Å². The number of esters is 1. The molecule has 1 aliphatic carbocycles.